The van der Waals surface area contributed by atoms with E-state index >= 15 is 0 Å². The number of hydrogen-bond donors (Lipinski definition) is 1. The van der Waals surface area contributed by atoms with Gasteiger partial charge in [-0.05, 0) is 36.2 Å². The molecule has 0 aliphatic rings. The number of carbonyl (C=O) groups is 1. The third-order valence-electron chi connectivity index (χ3n) is 5.06. The second-order valence-electron chi connectivity index (χ2n) is 7.19. The first kappa shape index (κ1) is 20.1. The molecule has 0 spiro atoms. The van der Waals surface area contributed by atoms with E-state index in [2.05, 4.69) is 9.97 Å². The maximum absolute atomic E-state index is 13.7. The molecule has 6 nitrogen and oxygen atoms in total. The highest BCUT2D eigenvalue weighted by Crippen LogP contribution is 2.32. The number of anilines is 1. The van der Waals surface area contributed by atoms with Gasteiger partial charge in [-0.3, -0.25) is 4.57 Å². The van der Waals surface area contributed by atoms with Crippen LogP contribution < -0.4 is 5.73 Å². The predicted molar refractivity (Wildman–Crippen MR) is 115 cm³/mol. The Bertz CT molecular complexity index is 1270. The standard InChI is InChI=1S/C22H20ClFN4O2/c1-3-12(2)11-30-22(29)18-19-21(27-17-7-5-4-6-16(17)26-19)28(20(18)25)13-8-9-15(24)14(23)10-13/h4-10,12H,3,11,25H2,1-2H3/t12-/m0/s1. The number of aromatic nitrogens is 3. The van der Waals surface area contributed by atoms with Crippen LogP contribution >= 0.6 is 11.6 Å². The minimum atomic E-state index is -0.575. The van der Waals surface area contributed by atoms with E-state index in [1.807, 2.05) is 32.0 Å². The van der Waals surface area contributed by atoms with Crippen molar-refractivity contribution in [1.82, 2.24) is 14.5 Å². The van der Waals surface area contributed by atoms with Gasteiger partial charge >= 0.3 is 5.97 Å². The molecule has 0 fully saturated rings. The fourth-order valence-electron chi connectivity index (χ4n) is 3.16. The summed E-state index contributed by atoms with van der Waals surface area (Å²) >= 11 is 5.98. The summed E-state index contributed by atoms with van der Waals surface area (Å²) in [5.74, 6) is -0.807. The first-order valence-corrected chi connectivity index (χ1v) is 9.97. The molecule has 4 rings (SSSR count). The van der Waals surface area contributed by atoms with Gasteiger partial charge < -0.3 is 10.5 Å². The number of fused-ring (bicyclic) bond motifs is 2. The Morgan fingerprint density at radius 3 is 2.60 bits per heavy atom. The van der Waals surface area contributed by atoms with Crippen LogP contribution in [0.5, 0.6) is 0 Å². The van der Waals surface area contributed by atoms with Crippen LogP contribution in [-0.4, -0.2) is 27.1 Å². The van der Waals surface area contributed by atoms with Crippen LogP contribution in [0.25, 0.3) is 27.9 Å². The molecular weight excluding hydrogens is 407 g/mol. The fraction of sp³-hybridized carbons (Fsp3) is 0.227. The zero-order valence-electron chi connectivity index (χ0n) is 16.5. The number of halogens is 2. The molecule has 0 saturated carbocycles. The number of nitrogen functional groups attached to an aromatic ring is 1. The number of benzene rings is 2. The summed E-state index contributed by atoms with van der Waals surface area (Å²) < 4.78 is 20.7. The predicted octanol–water partition coefficient (Wildman–Crippen LogP) is 5.15. The van der Waals surface area contributed by atoms with Gasteiger partial charge in [0.25, 0.3) is 0 Å². The lowest BCUT2D eigenvalue weighted by Gasteiger charge is -2.10. The zero-order valence-corrected chi connectivity index (χ0v) is 17.3. The molecule has 2 heterocycles. The van der Waals surface area contributed by atoms with Crippen molar-refractivity contribution in [3.63, 3.8) is 0 Å². The lowest BCUT2D eigenvalue weighted by molar-refractivity contribution is 0.0450. The molecule has 2 N–H and O–H groups in total. The first-order chi connectivity index (χ1) is 14.4. The second kappa shape index (κ2) is 7.91. The van der Waals surface area contributed by atoms with Crippen LogP contribution in [0.1, 0.15) is 30.6 Å². The van der Waals surface area contributed by atoms with Gasteiger partial charge in [-0.15, -0.1) is 0 Å². The van der Waals surface area contributed by atoms with Crippen molar-refractivity contribution in [2.75, 3.05) is 12.3 Å². The summed E-state index contributed by atoms with van der Waals surface area (Å²) in [6.45, 7) is 4.28. The Morgan fingerprint density at radius 2 is 1.93 bits per heavy atom. The normalized spacial score (nSPS) is 12.4. The number of para-hydroxylation sites is 2. The Balaban J connectivity index is 1.96. The summed E-state index contributed by atoms with van der Waals surface area (Å²) in [4.78, 5) is 22.2. The average Bonchev–Trinajstić information content (AvgIpc) is 3.02. The van der Waals surface area contributed by atoms with Crippen LogP contribution in [0.4, 0.5) is 10.2 Å². The number of rotatable bonds is 5. The smallest absolute Gasteiger partial charge is 0.344 e. The molecule has 8 heteroatoms. The number of nitrogens with two attached hydrogens (primary N) is 1. The molecule has 0 amide bonds. The third kappa shape index (κ3) is 3.45. The molecule has 0 radical (unpaired) electrons. The number of esters is 1. The first-order valence-electron chi connectivity index (χ1n) is 9.60. The molecule has 4 aromatic rings. The highest BCUT2D eigenvalue weighted by molar-refractivity contribution is 6.31. The molecule has 0 saturated heterocycles. The van der Waals surface area contributed by atoms with Crippen LogP contribution in [-0.2, 0) is 4.74 Å². The van der Waals surface area contributed by atoms with Gasteiger partial charge in [0.05, 0.1) is 28.4 Å². The Labute approximate surface area is 177 Å². The van der Waals surface area contributed by atoms with Crippen LogP contribution in [0.2, 0.25) is 5.02 Å². The van der Waals surface area contributed by atoms with E-state index in [0.717, 1.165) is 6.42 Å². The maximum Gasteiger partial charge on any atom is 0.344 e. The van der Waals surface area contributed by atoms with Gasteiger partial charge in [-0.1, -0.05) is 44.0 Å². The van der Waals surface area contributed by atoms with Crippen molar-refractivity contribution >= 4 is 45.6 Å². The van der Waals surface area contributed by atoms with Crippen molar-refractivity contribution in [3.05, 3.63) is 58.9 Å². The molecule has 30 heavy (non-hydrogen) atoms. The quantitative estimate of drug-likeness (QED) is 0.446. The highest BCUT2D eigenvalue weighted by atomic mass is 35.5. The van der Waals surface area contributed by atoms with Crippen LogP contribution in [0.15, 0.2) is 42.5 Å². The topological polar surface area (TPSA) is 83.0 Å². The Morgan fingerprint density at radius 1 is 1.23 bits per heavy atom. The molecule has 0 aliphatic carbocycles. The SMILES string of the molecule is CC[C@H](C)COC(=O)c1c(N)n(-c2ccc(F)c(Cl)c2)c2nc3ccccc3nc12. The van der Waals surface area contributed by atoms with Crippen LogP contribution in [0.3, 0.4) is 0 Å². The van der Waals surface area contributed by atoms with E-state index in [9.17, 15) is 9.18 Å². The number of carbonyl (C=O) groups excluding carboxylic acids is 1. The molecule has 154 valence electrons. The molecular formula is C22H20ClFN4O2. The minimum Gasteiger partial charge on any atom is -0.462 e. The summed E-state index contributed by atoms with van der Waals surface area (Å²) in [5, 5.41) is -0.0663. The third-order valence-corrected chi connectivity index (χ3v) is 5.35. The summed E-state index contributed by atoms with van der Waals surface area (Å²) in [6.07, 6.45) is 0.878. The molecule has 0 bridgehead atoms. The number of hydrogen-bond acceptors (Lipinski definition) is 5. The van der Waals surface area contributed by atoms with Gasteiger partial charge in [-0.2, -0.15) is 0 Å². The molecule has 2 aromatic heterocycles. The van der Waals surface area contributed by atoms with Crippen molar-refractivity contribution in [1.29, 1.82) is 0 Å². The molecule has 1 atom stereocenters. The lowest BCUT2D eigenvalue weighted by Crippen LogP contribution is -2.13. The van der Waals surface area contributed by atoms with E-state index in [0.29, 0.717) is 27.9 Å². The fourth-order valence-corrected chi connectivity index (χ4v) is 3.33. The summed E-state index contributed by atoms with van der Waals surface area (Å²) in [7, 11) is 0. The number of ether oxygens (including phenoxy) is 1. The Kier molecular flexibility index (Phi) is 5.30. The van der Waals surface area contributed by atoms with Crippen molar-refractivity contribution in [3.8, 4) is 5.69 Å². The van der Waals surface area contributed by atoms with Gasteiger partial charge in [0, 0.05) is 0 Å². The van der Waals surface area contributed by atoms with E-state index in [4.69, 9.17) is 22.1 Å². The van der Waals surface area contributed by atoms with Crippen molar-refractivity contribution in [2.24, 2.45) is 5.92 Å². The monoisotopic (exact) mass is 426 g/mol. The maximum atomic E-state index is 13.7. The minimum absolute atomic E-state index is 0.0663. The van der Waals surface area contributed by atoms with Crippen molar-refractivity contribution in [2.45, 2.75) is 20.3 Å². The van der Waals surface area contributed by atoms with E-state index in [1.165, 1.54) is 18.2 Å². The molecule has 0 unspecified atom stereocenters. The summed E-state index contributed by atoms with van der Waals surface area (Å²) in [5.41, 5.74) is 8.92. The average molecular weight is 427 g/mol. The van der Waals surface area contributed by atoms with Crippen molar-refractivity contribution < 1.29 is 13.9 Å². The zero-order chi connectivity index (χ0) is 21.4. The highest BCUT2D eigenvalue weighted by Gasteiger charge is 2.26. The summed E-state index contributed by atoms with van der Waals surface area (Å²) in [6, 6.07) is 11.5. The number of nitrogens with zero attached hydrogens (tertiary/aromatic N) is 3. The molecule has 0 aliphatic heterocycles. The Hall–Kier alpha value is -3.19. The van der Waals surface area contributed by atoms with Crippen LogP contribution in [0, 0.1) is 11.7 Å². The van der Waals surface area contributed by atoms with Gasteiger partial charge in [0.2, 0.25) is 0 Å². The largest absolute Gasteiger partial charge is 0.462 e. The van der Waals surface area contributed by atoms with Gasteiger partial charge in [-0.25, -0.2) is 19.2 Å². The molecule has 2 aromatic carbocycles. The van der Waals surface area contributed by atoms with E-state index < -0.39 is 11.8 Å². The second-order valence-corrected chi connectivity index (χ2v) is 7.60. The lowest BCUT2D eigenvalue weighted by atomic mass is 10.1. The van der Waals surface area contributed by atoms with E-state index in [1.54, 1.807) is 10.6 Å². The van der Waals surface area contributed by atoms with Gasteiger partial charge in [0.1, 0.15) is 22.7 Å². The van der Waals surface area contributed by atoms with Gasteiger partial charge in [0.15, 0.2) is 5.65 Å². The van der Waals surface area contributed by atoms with E-state index in [-0.39, 0.29) is 28.9 Å².